The molecular formula is C19H23N3O4S. The number of carbonyl (C=O) groups is 1. The topological polar surface area (TPSA) is 92.5 Å². The van der Waals surface area contributed by atoms with Crippen LogP contribution in [0.4, 0.5) is 5.69 Å². The number of aryl methyl sites for hydroxylation is 2. The zero-order valence-electron chi connectivity index (χ0n) is 15.7. The van der Waals surface area contributed by atoms with Crippen molar-refractivity contribution in [1.29, 1.82) is 0 Å². The first-order valence-corrected chi connectivity index (χ1v) is 10.3. The predicted molar refractivity (Wildman–Crippen MR) is 104 cm³/mol. The summed E-state index contributed by atoms with van der Waals surface area (Å²) < 4.78 is 32.6. The summed E-state index contributed by atoms with van der Waals surface area (Å²) in [6.45, 7) is 6.08. The van der Waals surface area contributed by atoms with Gasteiger partial charge in [0.05, 0.1) is 4.90 Å². The number of rotatable bonds is 5. The van der Waals surface area contributed by atoms with Gasteiger partial charge in [-0.3, -0.25) is 4.79 Å². The predicted octanol–water partition coefficient (Wildman–Crippen LogP) is 3.20. The molecule has 0 saturated carbocycles. The van der Waals surface area contributed by atoms with Gasteiger partial charge >= 0.3 is 0 Å². The molecule has 1 aromatic carbocycles. The summed E-state index contributed by atoms with van der Waals surface area (Å²) in [7, 11) is -3.49. The molecule has 27 heavy (non-hydrogen) atoms. The number of anilines is 1. The number of hydrogen-bond acceptors (Lipinski definition) is 5. The van der Waals surface area contributed by atoms with Crippen molar-refractivity contribution in [3.63, 3.8) is 0 Å². The average molecular weight is 389 g/mol. The molecule has 1 saturated heterocycles. The van der Waals surface area contributed by atoms with Gasteiger partial charge in [0.2, 0.25) is 15.9 Å². The summed E-state index contributed by atoms with van der Waals surface area (Å²) in [5, 5.41) is 6.55. The molecule has 0 atom stereocenters. The summed E-state index contributed by atoms with van der Waals surface area (Å²) in [6, 6.07) is 5.31. The maximum Gasteiger partial charge on any atom is 0.243 e. The van der Waals surface area contributed by atoms with Gasteiger partial charge in [0.1, 0.15) is 11.4 Å². The van der Waals surface area contributed by atoms with Crippen LogP contribution in [0.5, 0.6) is 0 Å². The third-order valence-electron chi connectivity index (χ3n) is 4.51. The molecule has 8 heteroatoms. The van der Waals surface area contributed by atoms with E-state index in [0.29, 0.717) is 40.7 Å². The van der Waals surface area contributed by atoms with Crippen LogP contribution in [0.3, 0.4) is 0 Å². The van der Waals surface area contributed by atoms with Gasteiger partial charge in [-0.05, 0) is 50.0 Å². The van der Waals surface area contributed by atoms with E-state index in [1.165, 1.54) is 11.2 Å². The summed E-state index contributed by atoms with van der Waals surface area (Å²) >= 11 is 0. The highest BCUT2D eigenvalue weighted by atomic mass is 32.2. The molecule has 2 heterocycles. The number of nitrogens with one attached hydrogen (secondary N) is 1. The third-order valence-corrected chi connectivity index (χ3v) is 6.55. The van der Waals surface area contributed by atoms with Crippen LogP contribution in [-0.4, -0.2) is 36.9 Å². The lowest BCUT2D eigenvalue weighted by Crippen LogP contribution is -2.28. The maximum absolute atomic E-state index is 12.9. The Morgan fingerprint density at radius 3 is 2.59 bits per heavy atom. The molecule has 0 bridgehead atoms. The fourth-order valence-corrected chi connectivity index (χ4v) is 4.84. The molecule has 0 aliphatic carbocycles. The van der Waals surface area contributed by atoms with Crippen LogP contribution < -0.4 is 5.32 Å². The number of benzene rings is 1. The number of sulfonamides is 1. The van der Waals surface area contributed by atoms with Crippen molar-refractivity contribution in [2.45, 2.75) is 38.5 Å². The molecule has 3 rings (SSSR count). The van der Waals surface area contributed by atoms with Gasteiger partial charge in [-0.1, -0.05) is 23.4 Å². The molecule has 1 aliphatic rings. The van der Waals surface area contributed by atoms with Crippen molar-refractivity contribution < 1.29 is 17.7 Å². The molecule has 1 amide bonds. The Morgan fingerprint density at radius 1 is 1.22 bits per heavy atom. The Labute approximate surface area is 159 Å². The highest BCUT2D eigenvalue weighted by molar-refractivity contribution is 7.89. The smallest absolute Gasteiger partial charge is 0.243 e. The SMILES string of the molecule is CC(=O)Nc1c(C)noc1C=Cc1ccc(C)c(S(=O)(=O)N2CCCC2)c1. The normalized spacial score (nSPS) is 15.5. The van der Waals surface area contributed by atoms with Gasteiger partial charge in [0.25, 0.3) is 0 Å². The summed E-state index contributed by atoms with van der Waals surface area (Å²) in [5.41, 5.74) is 2.52. The number of hydrogen-bond donors (Lipinski definition) is 1. The van der Waals surface area contributed by atoms with Crippen molar-refractivity contribution >= 4 is 33.8 Å². The van der Waals surface area contributed by atoms with Gasteiger partial charge in [-0.25, -0.2) is 8.42 Å². The first kappa shape index (κ1) is 19.3. The molecule has 144 valence electrons. The minimum Gasteiger partial charge on any atom is -0.354 e. The number of amides is 1. The third kappa shape index (κ3) is 4.12. The minimum absolute atomic E-state index is 0.217. The second kappa shape index (κ2) is 7.66. The van der Waals surface area contributed by atoms with Crippen LogP contribution in [-0.2, 0) is 14.8 Å². The van der Waals surface area contributed by atoms with Crippen LogP contribution in [0, 0.1) is 13.8 Å². The highest BCUT2D eigenvalue weighted by Crippen LogP contribution is 2.26. The Morgan fingerprint density at radius 2 is 1.93 bits per heavy atom. The first-order chi connectivity index (χ1) is 12.8. The molecule has 1 fully saturated rings. The first-order valence-electron chi connectivity index (χ1n) is 8.82. The second-order valence-electron chi connectivity index (χ2n) is 6.66. The Hall–Kier alpha value is -2.45. The van der Waals surface area contributed by atoms with E-state index in [1.54, 1.807) is 38.1 Å². The average Bonchev–Trinajstić information content (AvgIpc) is 3.26. The van der Waals surface area contributed by atoms with Crippen LogP contribution in [0.25, 0.3) is 12.2 Å². The molecule has 0 radical (unpaired) electrons. The van der Waals surface area contributed by atoms with Crippen molar-refractivity contribution in [3.8, 4) is 0 Å². The van der Waals surface area contributed by atoms with Crippen LogP contribution in [0.1, 0.15) is 42.3 Å². The number of carbonyl (C=O) groups excluding carboxylic acids is 1. The lowest BCUT2D eigenvalue weighted by atomic mass is 10.1. The summed E-state index contributed by atoms with van der Waals surface area (Å²) in [5.74, 6) is 0.192. The summed E-state index contributed by atoms with van der Waals surface area (Å²) in [4.78, 5) is 11.7. The Balaban J connectivity index is 1.91. The van der Waals surface area contributed by atoms with Gasteiger partial charge in [0.15, 0.2) is 5.76 Å². The molecule has 2 aromatic rings. The van der Waals surface area contributed by atoms with E-state index in [0.717, 1.165) is 18.4 Å². The Bertz CT molecular complexity index is 986. The lowest BCUT2D eigenvalue weighted by molar-refractivity contribution is -0.114. The summed E-state index contributed by atoms with van der Waals surface area (Å²) in [6.07, 6.45) is 5.21. The fourth-order valence-electron chi connectivity index (χ4n) is 3.07. The van der Waals surface area contributed by atoms with E-state index in [-0.39, 0.29) is 5.91 Å². The molecule has 1 N–H and O–H groups in total. The fraction of sp³-hybridized carbons (Fsp3) is 0.368. The minimum atomic E-state index is -3.49. The quantitative estimate of drug-likeness (QED) is 0.848. The van der Waals surface area contributed by atoms with E-state index < -0.39 is 10.0 Å². The lowest BCUT2D eigenvalue weighted by Gasteiger charge is -2.17. The van der Waals surface area contributed by atoms with E-state index in [2.05, 4.69) is 10.5 Å². The highest BCUT2D eigenvalue weighted by Gasteiger charge is 2.28. The van der Waals surface area contributed by atoms with Gasteiger partial charge < -0.3 is 9.84 Å². The van der Waals surface area contributed by atoms with Crippen LogP contribution in [0.2, 0.25) is 0 Å². The zero-order chi connectivity index (χ0) is 19.6. The maximum atomic E-state index is 12.9. The monoisotopic (exact) mass is 389 g/mol. The van der Waals surface area contributed by atoms with E-state index in [9.17, 15) is 13.2 Å². The molecule has 1 aliphatic heterocycles. The van der Waals surface area contributed by atoms with Crippen molar-refractivity contribution in [2.75, 3.05) is 18.4 Å². The van der Waals surface area contributed by atoms with Crippen molar-refractivity contribution in [2.24, 2.45) is 0 Å². The molecule has 1 aromatic heterocycles. The molecule has 0 unspecified atom stereocenters. The van der Waals surface area contributed by atoms with Crippen molar-refractivity contribution in [3.05, 3.63) is 40.8 Å². The molecular weight excluding hydrogens is 366 g/mol. The van der Waals surface area contributed by atoms with Gasteiger partial charge in [-0.2, -0.15) is 4.31 Å². The standard InChI is InChI=1S/C19H23N3O4S/c1-13-6-7-16(12-18(13)27(24,25)22-10-4-5-11-22)8-9-17-19(20-15(3)23)14(2)21-26-17/h6-9,12H,4-5,10-11H2,1-3H3,(H,20,23). The van der Waals surface area contributed by atoms with Crippen LogP contribution >= 0.6 is 0 Å². The van der Waals surface area contributed by atoms with Crippen LogP contribution in [0.15, 0.2) is 27.6 Å². The molecule has 0 spiro atoms. The van der Waals surface area contributed by atoms with E-state index in [4.69, 9.17) is 4.52 Å². The Kier molecular flexibility index (Phi) is 5.48. The van der Waals surface area contributed by atoms with Gasteiger partial charge in [0, 0.05) is 20.0 Å². The van der Waals surface area contributed by atoms with E-state index >= 15 is 0 Å². The van der Waals surface area contributed by atoms with E-state index in [1.807, 2.05) is 6.07 Å². The van der Waals surface area contributed by atoms with Crippen molar-refractivity contribution in [1.82, 2.24) is 9.46 Å². The zero-order valence-corrected chi connectivity index (χ0v) is 16.5. The number of nitrogens with zero attached hydrogens (tertiary/aromatic N) is 2. The second-order valence-corrected chi connectivity index (χ2v) is 8.56. The largest absolute Gasteiger partial charge is 0.354 e. The number of aromatic nitrogens is 1. The van der Waals surface area contributed by atoms with Gasteiger partial charge in [-0.15, -0.1) is 0 Å². The molecule has 7 nitrogen and oxygen atoms in total.